The van der Waals surface area contributed by atoms with Crippen LogP contribution in [0.1, 0.15) is 22.6 Å². The summed E-state index contributed by atoms with van der Waals surface area (Å²) < 4.78 is 0. The number of nitrogens with one attached hydrogen (secondary N) is 1. The molecule has 1 atom stereocenters. The van der Waals surface area contributed by atoms with Gasteiger partial charge in [-0.2, -0.15) is 0 Å². The van der Waals surface area contributed by atoms with Crippen LogP contribution in [0.3, 0.4) is 0 Å². The molecule has 2 aromatic rings. The standard InChI is InChI=1S/C9H11N3OS/c1-6-11-5-7(12-6)4-8(13)9-10-2-3-14-9/h2-3,5,8,13H,4H2,1H3,(H,11,12). The number of nitrogens with zero attached hydrogens (tertiary/aromatic N) is 2. The summed E-state index contributed by atoms with van der Waals surface area (Å²) in [6.45, 7) is 1.89. The van der Waals surface area contributed by atoms with Gasteiger partial charge in [-0.15, -0.1) is 11.3 Å². The normalized spacial score (nSPS) is 13.0. The third-order valence-electron chi connectivity index (χ3n) is 1.91. The number of hydrogen-bond acceptors (Lipinski definition) is 4. The van der Waals surface area contributed by atoms with Crippen molar-refractivity contribution < 1.29 is 5.11 Å². The largest absolute Gasteiger partial charge is 0.386 e. The molecule has 0 saturated carbocycles. The van der Waals surface area contributed by atoms with Crippen LogP contribution in [0.2, 0.25) is 0 Å². The summed E-state index contributed by atoms with van der Waals surface area (Å²) in [6, 6.07) is 0. The first-order valence-corrected chi connectivity index (χ1v) is 5.21. The molecule has 4 nitrogen and oxygen atoms in total. The Morgan fingerprint density at radius 1 is 1.57 bits per heavy atom. The number of aryl methyl sites for hydroxylation is 1. The van der Waals surface area contributed by atoms with Crippen LogP contribution in [0.5, 0.6) is 0 Å². The second kappa shape index (κ2) is 3.89. The van der Waals surface area contributed by atoms with Crippen molar-refractivity contribution in [3.8, 4) is 0 Å². The smallest absolute Gasteiger partial charge is 0.122 e. The number of hydrogen-bond donors (Lipinski definition) is 2. The molecule has 2 heterocycles. The van der Waals surface area contributed by atoms with Gasteiger partial charge in [0.2, 0.25) is 0 Å². The fourth-order valence-electron chi connectivity index (χ4n) is 1.27. The van der Waals surface area contributed by atoms with Crippen molar-refractivity contribution >= 4 is 11.3 Å². The van der Waals surface area contributed by atoms with E-state index in [0.717, 1.165) is 16.5 Å². The van der Waals surface area contributed by atoms with Crippen LogP contribution in [0.4, 0.5) is 0 Å². The molecule has 0 radical (unpaired) electrons. The molecule has 2 aromatic heterocycles. The van der Waals surface area contributed by atoms with Gasteiger partial charge in [0.15, 0.2) is 0 Å². The van der Waals surface area contributed by atoms with E-state index < -0.39 is 6.10 Å². The molecule has 0 aromatic carbocycles. The summed E-state index contributed by atoms with van der Waals surface area (Å²) in [6.07, 6.45) is 3.44. The summed E-state index contributed by atoms with van der Waals surface area (Å²) in [5, 5.41) is 12.4. The first-order chi connectivity index (χ1) is 6.75. The zero-order valence-corrected chi connectivity index (χ0v) is 8.58. The maximum atomic E-state index is 9.77. The van der Waals surface area contributed by atoms with E-state index in [4.69, 9.17) is 0 Å². The Labute approximate surface area is 85.7 Å². The highest BCUT2D eigenvalue weighted by molar-refractivity contribution is 7.09. The van der Waals surface area contributed by atoms with Gasteiger partial charge in [0, 0.05) is 29.9 Å². The highest BCUT2D eigenvalue weighted by Gasteiger charge is 2.11. The Bertz CT molecular complexity index is 396. The zero-order chi connectivity index (χ0) is 9.97. The third kappa shape index (κ3) is 2.00. The molecule has 0 aliphatic heterocycles. The Morgan fingerprint density at radius 3 is 3.00 bits per heavy atom. The molecule has 0 fully saturated rings. The van der Waals surface area contributed by atoms with Gasteiger partial charge >= 0.3 is 0 Å². The lowest BCUT2D eigenvalue weighted by atomic mass is 10.2. The van der Waals surface area contributed by atoms with Crippen molar-refractivity contribution in [3.63, 3.8) is 0 Å². The van der Waals surface area contributed by atoms with Gasteiger partial charge in [0.25, 0.3) is 0 Å². The number of thiazole rings is 1. The predicted molar refractivity (Wildman–Crippen MR) is 54.1 cm³/mol. The summed E-state index contributed by atoms with van der Waals surface area (Å²) in [5.41, 5.74) is 0.935. The monoisotopic (exact) mass is 209 g/mol. The fourth-order valence-corrected chi connectivity index (χ4v) is 1.89. The Kier molecular flexibility index (Phi) is 2.60. The Morgan fingerprint density at radius 2 is 2.43 bits per heavy atom. The third-order valence-corrected chi connectivity index (χ3v) is 2.78. The summed E-state index contributed by atoms with van der Waals surface area (Å²) in [7, 11) is 0. The lowest BCUT2D eigenvalue weighted by molar-refractivity contribution is 0.177. The van der Waals surface area contributed by atoms with Crippen molar-refractivity contribution in [1.82, 2.24) is 15.0 Å². The topological polar surface area (TPSA) is 61.8 Å². The van der Waals surface area contributed by atoms with Crippen molar-refractivity contribution in [2.45, 2.75) is 19.4 Å². The van der Waals surface area contributed by atoms with Crippen LogP contribution in [0.15, 0.2) is 17.8 Å². The molecule has 0 amide bonds. The Balaban J connectivity index is 2.05. The minimum Gasteiger partial charge on any atom is -0.386 e. The molecule has 74 valence electrons. The van der Waals surface area contributed by atoms with E-state index >= 15 is 0 Å². The lowest BCUT2D eigenvalue weighted by Crippen LogP contribution is -2.01. The number of aliphatic hydroxyl groups is 1. The number of rotatable bonds is 3. The van der Waals surface area contributed by atoms with Gasteiger partial charge in [-0.25, -0.2) is 9.97 Å². The van der Waals surface area contributed by atoms with Crippen molar-refractivity contribution in [2.75, 3.05) is 0 Å². The van der Waals surface area contributed by atoms with E-state index in [2.05, 4.69) is 15.0 Å². The second-order valence-corrected chi connectivity index (χ2v) is 4.01. The minimum absolute atomic E-state index is 0.533. The SMILES string of the molecule is Cc1ncc(CC(O)c2nccs2)[nH]1. The first-order valence-electron chi connectivity index (χ1n) is 4.33. The van der Waals surface area contributed by atoms with Gasteiger partial charge in [0.1, 0.15) is 16.9 Å². The molecule has 1 unspecified atom stereocenters. The average Bonchev–Trinajstić information content (AvgIpc) is 2.75. The number of imidazole rings is 1. The summed E-state index contributed by atoms with van der Waals surface area (Å²) in [5.74, 6) is 0.867. The maximum Gasteiger partial charge on any atom is 0.122 e. The molecule has 5 heteroatoms. The van der Waals surface area contributed by atoms with Crippen LogP contribution in [-0.2, 0) is 6.42 Å². The predicted octanol–water partition coefficient (Wildman–Crippen LogP) is 1.45. The molecule has 0 aliphatic carbocycles. The van der Waals surface area contributed by atoms with Crippen LogP contribution < -0.4 is 0 Å². The second-order valence-electron chi connectivity index (χ2n) is 3.08. The molecule has 0 spiro atoms. The lowest BCUT2D eigenvalue weighted by Gasteiger charge is -2.04. The van der Waals surface area contributed by atoms with E-state index in [-0.39, 0.29) is 0 Å². The fraction of sp³-hybridized carbons (Fsp3) is 0.333. The van der Waals surface area contributed by atoms with Gasteiger partial charge in [-0.05, 0) is 6.92 Å². The Hall–Kier alpha value is -1.20. The molecule has 2 N–H and O–H groups in total. The van der Waals surface area contributed by atoms with Crippen molar-refractivity contribution in [1.29, 1.82) is 0 Å². The van der Waals surface area contributed by atoms with Crippen molar-refractivity contribution in [2.24, 2.45) is 0 Å². The molecule has 14 heavy (non-hydrogen) atoms. The number of aliphatic hydroxyl groups excluding tert-OH is 1. The van der Waals surface area contributed by atoms with E-state index in [0.29, 0.717) is 6.42 Å². The van der Waals surface area contributed by atoms with Gasteiger partial charge in [0.05, 0.1) is 0 Å². The van der Waals surface area contributed by atoms with E-state index in [1.54, 1.807) is 12.4 Å². The van der Waals surface area contributed by atoms with E-state index in [1.807, 2.05) is 12.3 Å². The number of aromatic amines is 1. The highest BCUT2D eigenvalue weighted by Crippen LogP contribution is 2.18. The van der Waals surface area contributed by atoms with Crippen LogP contribution >= 0.6 is 11.3 Å². The number of H-pyrrole nitrogens is 1. The van der Waals surface area contributed by atoms with E-state index in [9.17, 15) is 5.11 Å². The van der Waals surface area contributed by atoms with Gasteiger partial charge in [-0.1, -0.05) is 0 Å². The molecule has 2 rings (SSSR count). The van der Waals surface area contributed by atoms with Gasteiger partial charge in [-0.3, -0.25) is 0 Å². The quantitative estimate of drug-likeness (QED) is 0.804. The molecule has 0 saturated heterocycles. The summed E-state index contributed by atoms with van der Waals surface area (Å²) in [4.78, 5) is 11.2. The molecule has 0 aliphatic rings. The first kappa shape index (κ1) is 9.36. The highest BCUT2D eigenvalue weighted by atomic mass is 32.1. The van der Waals surface area contributed by atoms with Crippen molar-refractivity contribution in [3.05, 3.63) is 34.3 Å². The van der Waals surface area contributed by atoms with Crippen LogP contribution in [-0.4, -0.2) is 20.1 Å². The molecule has 0 bridgehead atoms. The summed E-state index contributed by atoms with van der Waals surface area (Å²) >= 11 is 1.46. The van der Waals surface area contributed by atoms with E-state index in [1.165, 1.54) is 11.3 Å². The molecular formula is C9H11N3OS. The maximum absolute atomic E-state index is 9.77. The number of aromatic nitrogens is 3. The van der Waals surface area contributed by atoms with Crippen LogP contribution in [0, 0.1) is 6.92 Å². The van der Waals surface area contributed by atoms with Gasteiger partial charge < -0.3 is 10.1 Å². The minimum atomic E-state index is -0.533. The zero-order valence-electron chi connectivity index (χ0n) is 7.77. The molecular weight excluding hydrogens is 198 g/mol. The van der Waals surface area contributed by atoms with Crippen LogP contribution in [0.25, 0.3) is 0 Å². The average molecular weight is 209 g/mol.